The molecule has 10 nitrogen and oxygen atoms in total. The minimum Gasteiger partial charge on any atom is -0.433 e. The van der Waals surface area contributed by atoms with Crippen LogP contribution in [0.15, 0.2) is 66.7 Å². The van der Waals surface area contributed by atoms with E-state index in [2.05, 4.69) is 30.5 Å². The van der Waals surface area contributed by atoms with Gasteiger partial charge < -0.3 is 4.74 Å². The Morgan fingerprint density at radius 2 is 2.03 bits per heavy atom. The summed E-state index contributed by atoms with van der Waals surface area (Å²) in [6, 6.07) is 7.71. The third-order valence-corrected chi connectivity index (χ3v) is 6.31. The lowest BCUT2D eigenvalue weighted by atomic mass is 10.1. The van der Waals surface area contributed by atoms with Gasteiger partial charge in [-0.15, -0.1) is 11.3 Å². The maximum absolute atomic E-state index is 13.3. The van der Waals surface area contributed by atoms with Crippen LogP contribution in [0, 0.1) is 6.92 Å². The van der Waals surface area contributed by atoms with E-state index in [0.717, 1.165) is 0 Å². The Balaban J connectivity index is 1.50. The van der Waals surface area contributed by atoms with Gasteiger partial charge in [-0.1, -0.05) is 0 Å². The van der Waals surface area contributed by atoms with Gasteiger partial charge in [0.1, 0.15) is 5.69 Å². The first-order chi connectivity index (χ1) is 18.0. The number of aryl methyl sites for hydroxylation is 1. The van der Waals surface area contributed by atoms with Gasteiger partial charge in [-0.25, -0.2) is 19.2 Å². The highest BCUT2D eigenvalue weighted by atomic mass is 32.1. The van der Waals surface area contributed by atoms with Crippen molar-refractivity contribution in [1.82, 2.24) is 34.3 Å². The monoisotopic (exact) mass is 518 g/mol. The highest BCUT2D eigenvalue weighted by Gasteiger charge is 2.20. The molecule has 5 aromatic heterocycles. The van der Waals surface area contributed by atoms with E-state index in [1.807, 2.05) is 0 Å². The van der Waals surface area contributed by atoms with E-state index < -0.39 is 12.5 Å². The van der Waals surface area contributed by atoms with Crippen LogP contribution < -0.4 is 10.1 Å². The standard InChI is InChI=1S/C24H16F2N8O2S/c1-13-15-11-29-17(16-12-30-33-7-2-5-27-21(16)33)10-18(15)34(32-13)19-9-14(3-4-20(19)36-23(25)26)22(35)31-24-28-6-8-37-24/h2-12,23H,1H3,(H,28,31,35). The van der Waals surface area contributed by atoms with E-state index in [-0.39, 0.29) is 17.0 Å². The van der Waals surface area contributed by atoms with Gasteiger partial charge in [0.15, 0.2) is 16.5 Å². The molecule has 6 rings (SSSR count). The van der Waals surface area contributed by atoms with Crippen LogP contribution in [-0.2, 0) is 0 Å². The van der Waals surface area contributed by atoms with Crippen molar-refractivity contribution in [3.8, 4) is 22.7 Å². The van der Waals surface area contributed by atoms with Crippen molar-refractivity contribution in [2.75, 3.05) is 5.32 Å². The summed E-state index contributed by atoms with van der Waals surface area (Å²) in [6.07, 6.45) is 8.30. The predicted octanol–water partition coefficient (Wildman–Crippen LogP) is 4.75. The third kappa shape index (κ3) is 4.14. The second-order valence-corrected chi connectivity index (χ2v) is 8.78. The highest BCUT2D eigenvalue weighted by molar-refractivity contribution is 7.13. The van der Waals surface area contributed by atoms with Crippen LogP contribution in [0.3, 0.4) is 0 Å². The number of nitrogens with zero attached hydrogens (tertiary/aromatic N) is 7. The Morgan fingerprint density at radius 3 is 2.84 bits per heavy atom. The van der Waals surface area contributed by atoms with E-state index in [1.54, 1.807) is 59.9 Å². The summed E-state index contributed by atoms with van der Waals surface area (Å²) >= 11 is 1.26. The van der Waals surface area contributed by atoms with Crippen molar-refractivity contribution >= 4 is 38.9 Å². The number of hydrogen-bond acceptors (Lipinski definition) is 8. The molecule has 0 spiro atoms. The van der Waals surface area contributed by atoms with Crippen molar-refractivity contribution in [3.63, 3.8) is 0 Å². The molecule has 5 heterocycles. The number of thiazole rings is 1. The molecule has 1 aromatic carbocycles. The van der Waals surface area contributed by atoms with Crippen LogP contribution in [0.25, 0.3) is 33.5 Å². The van der Waals surface area contributed by atoms with Gasteiger partial charge in [-0.2, -0.15) is 19.0 Å². The minimum atomic E-state index is -3.07. The zero-order chi connectivity index (χ0) is 25.5. The molecule has 13 heteroatoms. The molecule has 0 atom stereocenters. The Bertz CT molecular complexity index is 1760. The summed E-state index contributed by atoms with van der Waals surface area (Å²) in [4.78, 5) is 25.8. The molecule has 1 N–H and O–H groups in total. The molecular weight excluding hydrogens is 502 g/mol. The molecule has 0 unspecified atom stereocenters. The van der Waals surface area contributed by atoms with Crippen molar-refractivity contribution < 1.29 is 18.3 Å². The number of halogens is 2. The molecule has 37 heavy (non-hydrogen) atoms. The Hall–Kier alpha value is -4.78. The minimum absolute atomic E-state index is 0.138. The van der Waals surface area contributed by atoms with E-state index in [0.29, 0.717) is 38.6 Å². The Labute approximate surface area is 211 Å². The van der Waals surface area contributed by atoms with E-state index in [4.69, 9.17) is 4.74 Å². The summed E-state index contributed by atoms with van der Waals surface area (Å²) in [5, 5.41) is 14.4. The van der Waals surface area contributed by atoms with Crippen LogP contribution in [0.2, 0.25) is 0 Å². The summed E-state index contributed by atoms with van der Waals surface area (Å²) in [6.45, 7) is -1.29. The highest BCUT2D eigenvalue weighted by Crippen LogP contribution is 2.32. The van der Waals surface area contributed by atoms with Gasteiger partial charge in [0, 0.05) is 41.1 Å². The molecule has 0 bridgehead atoms. The van der Waals surface area contributed by atoms with Gasteiger partial charge in [-0.3, -0.25) is 15.1 Å². The molecule has 0 aliphatic rings. The van der Waals surface area contributed by atoms with Gasteiger partial charge in [-0.05, 0) is 37.3 Å². The average Bonchev–Trinajstić information content (AvgIpc) is 3.63. The molecule has 0 fully saturated rings. The lowest BCUT2D eigenvalue weighted by Crippen LogP contribution is -2.13. The van der Waals surface area contributed by atoms with E-state index in [9.17, 15) is 13.6 Å². The fourth-order valence-corrected chi connectivity index (χ4v) is 4.49. The van der Waals surface area contributed by atoms with Crippen molar-refractivity contribution in [2.45, 2.75) is 13.5 Å². The average molecular weight is 519 g/mol. The lowest BCUT2D eigenvalue weighted by molar-refractivity contribution is -0.0498. The number of hydrogen-bond donors (Lipinski definition) is 1. The van der Waals surface area contributed by atoms with E-state index >= 15 is 0 Å². The number of anilines is 1. The smallest absolute Gasteiger partial charge is 0.387 e. The fraction of sp³-hybridized carbons (Fsp3) is 0.0833. The first kappa shape index (κ1) is 22.7. The van der Waals surface area contributed by atoms with Crippen LogP contribution >= 0.6 is 11.3 Å². The molecule has 0 aliphatic carbocycles. The first-order valence-electron chi connectivity index (χ1n) is 10.9. The Morgan fingerprint density at radius 1 is 1.14 bits per heavy atom. The number of alkyl halides is 2. The number of rotatable bonds is 6. The van der Waals surface area contributed by atoms with Crippen LogP contribution in [0.5, 0.6) is 5.75 Å². The second-order valence-electron chi connectivity index (χ2n) is 7.88. The van der Waals surface area contributed by atoms with Crippen molar-refractivity contribution in [3.05, 3.63) is 78.0 Å². The third-order valence-electron chi connectivity index (χ3n) is 5.62. The van der Waals surface area contributed by atoms with Crippen LogP contribution in [0.1, 0.15) is 16.1 Å². The molecular formula is C24H16F2N8O2S. The number of pyridine rings is 1. The summed E-state index contributed by atoms with van der Waals surface area (Å²) in [5.74, 6) is -0.589. The number of benzene rings is 1. The molecule has 0 saturated heterocycles. The normalized spacial score (nSPS) is 11.5. The Kier molecular flexibility index (Phi) is 5.53. The summed E-state index contributed by atoms with van der Waals surface area (Å²) in [5.41, 5.74) is 3.45. The molecule has 0 aliphatic heterocycles. The molecule has 6 aromatic rings. The maximum atomic E-state index is 13.3. The quantitative estimate of drug-likeness (QED) is 0.339. The zero-order valence-electron chi connectivity index (χ0n) is 19.0. The SMILES string of the molecule is Cc1nn(-c2cc(C(=O)Nc3nccs3)ccc2OC(F)F)c2cc(-c3cnn4cccnc34)ncc12. The number of aromatic nitrogens is 7. The maximum Gasteiger partial charge on any atom is 0.387 e. The summed E-state index contributed by atoms with van der Waals surface area (Å²) in [7, 11) is 0. The summed E-state index contributed by atoms with van der Waals surface area (Å²) < 4.78 is 34.4. The van der Waals surface area contributed by atoms with Gasteiger partial charge in [0.2, 0.25) is 0 Å². The van der Waals surface area contributed by atoms with Gasteiger partial charge in [0.25, 0.3) is 5.91 Å². The van der Waals surface area contributed by atoms with Crippen molar-refractivity contribution in [2.24, 2.45) is 0 Å². The lowest BCUT2D eigenvalue weighted by Gasteiger charge is -2.13. The number of amides is 1. The fourth-order valence-electron chi connectivity index (χ4n) is 3.97. The zero-order valence-corrected chi connectivity index (χ0v) is 19.9. The number of nitrogens with one attached hydrogen (secondary N) is 1. The van der Waals surface area contributed by atoms with Gasteiger partial charge in [0.05, 0.1) is 28.7 Å². The number of carbonyl (C=O) groups excluding carboxylic acids is 1. The van der Waals surface area contributed by atoms with Gasteiger partial charge >= 0.3 is 6.61 Å². The predicted molar refractivity (Wildman–Crippen MR) is 132 cm³/mol. The number of carbonyl (C=O) groups is 1. The van der Waals surface area contributed by atoms with Crippen LogP contribution in [0.4, 0.5) is 13.9 Å². The largest absolute Gasteiger partial charge is 0.433 e. The van der Waals surface area contributed by atoms with Crippen molar-refractivity contribution in [1.29, 1.82) is 0 Å². The number of fused-ring (bicyclic) bond motifs is 2. The molecule has 184 valence electrons. The number of ether oxygens (including phenoxy) is 1. The molecule has 1 amide bonds. The van der Waals surface area contributed by atoms with E-state index in [1.165, 1.54) is 34.2 Å². The second kappa shape index (κ2) is 9.02. The van der Waals surface area contributed by atoms with Crippen LogP contribution in [-0.4, -0.2) is 46.9 Å². The molecule has 0 saturated carbocycles. The molecule has 0 radical (unpaired) electrons. The topological polar surface area (TPSA) is 112 Å². The first-order valence-corrected chi connectivity index (χ1v) is 11.8.